The molecule has 1 amide bonds. The molecule has 0 spiro atoms. The number of hydrogen-bond acceptors (Lipinski definition) is 3. The number of benzene rings is 1. The molecule has 0 saturated heterocycles. The summed E-state index contributed by atoms with van der Waals surface area (Å²) in [4.78, 5) is 18.5. The molecule has 0 unspecified atom stereocenters. The van der Waals surface area contributed by atoms with Crippen molar-refractivity contribution in [2.75, 3.05) is 18.9 Å². The number of imidazole rings is 1. The van der Waals surface area contributed by atoms with Crippen LogP contribution in [0.2, 0.25) is 0 Å². The van der Waals surface area contributed by atoms with Crippen molar-refractivity contribution in [3.63, 3.8) is 0 Å². The van der Waals surface area contributed by atoms with E-state index in [1.807, 2.05) is 31.3 Å². The first-order chi connectivity index (χ1) is 8.79. The van der Waals surface area contributed by atoms with E-state index in [4.69, 9.17) is 0 Å². The Balaban J connectivity index is 1.98. The largest absolute Gasteiger partial charge is 0.345 e. The van der Waals surface area contributed by atoms with Crippen LogP contribution in [-0.4, -0.2) is 29.5 Å². The van der Waals surface area contributed by atoms with Gasteiger partial charge >= 0.3 is 0 Å². The minimum atomic E-state index is 0.0126. The van der Waals surface area contributed by atoms with E-state index >= 15 is 0 Å². The molecule has 0 atom stereocenters. The molecule has 0 aliphatic rings. The van der Waals surface area contributed by atoms with Gasteiger partial charge in [0.1, 0.15) is 0 Å². The van der Waals surface area contributed by atoms with Crippen molar-refractivity contribution in [2.45, 2.75) is 6.42 Å². The first kappa shape index (κ1) is 12.3. The molecule has 5 nitrogen and oxygen atoms in total. The number of hydrogen-bond donors (Lipinski definition) is 3. The van der Waals surface area contributed by atoms with Crippen LogP contribution in [0.5, 0.6) is 0 Å². The SMILES string of the molecule is CNCCC(=O)Nc1ccc(-c2cnc[nH]2)cc1. The van der Waals surface area contributed by atoms with Gasteiger partial charge in [-0.2, -0.15) is 0 Å². The fourth-order valence-electron chi connectivity index (χ4n) is 1.61. The molecule has 18 heavy (non-hydrogen) atoms. The van der Waals surface area contributed by atoms with Gasteiger partial charge in [0.25, 0.3) is 0 Å². The molecule has 2 aromatic rings. The summed E-state index contributed by atoms with van der Waals surface area (Å²) in [5.41, 5.74) is 2.81. The van der Waals surface area contributed by atoms with E-state index in [1.54, 1.807) is 12.5 Å². The lowest BCUT2D eigenvalue weighted by Gasteiger charge is -2.05. The maximum atomic E-state index is 11.5. The zero-order valence-electron chi connectivity index (χ0n) is 10.2. The summed E-state index contributed by atoms with van der Waals surface area (Å²) >= 11 is 0. The third kappa shape index (κ3) is 3.18. The molecule has 94 valence electrons. The number of nitrogens with zero attached hydrogens (tertiary/aromatic N) is 1. The maximum Gasteiger partial charge on any atom is 0.225 e. The van der Waals surface area contributed by atoms with Crippen molar-refractivity contribution in [1.29, 1.82) is 0 Å². The summed E-state index contributed by atoms with van der Waals surface area (Å²) in [6.45, 7) is 0.679. The van der Waals surface area contributed by atoms with Crippen LogP contribution in [0.4, 0.5) is 5.69 Å². The van der Waals surface area contributed by atoms with Gasteiger partial charge in [-0.25, -0.2) is 4.98 Å². The lowest BCUT2D eigenvalue weighted by atomic mass is 10.1. The molecule has 3 N–H and O–H groups in total. The van der Waals surface area contributed by atoms with E-state index in [0.29, 0.717) is 13.0 Å². The topological polar surface area (TPSA) is 69.8 Å². The maximum absolute atomic E-state index is 11.5. The number of carbonyl (C=O) groups excluding carboxylic acids is 1. The number of aromatic amines is 1. The van der Waals surface area contributed by atoms with Crippen LogP contribution in [0.25, 0.3) is 11.3 Å². The molecule has 5 heteroatoms. The minimum Gasteiger partial charge on any atom is -0.345 e. The molecular formula is C13H16N4O. The van der Waals surface area contributed by atoms with Crippen LogP contribution in [0, 0.1) is 0 Å². The second-order valence-electron chi connectivity index (χ2n) is 3.94. The highest BCUT2D eigenvalue weighted by atomic mass is 16.1. The summed E-state index contributed by atoms with van der Waals surface area (Å²) in [6.07, 6.45) is 3.88. The monoisotopic (exact) mass is 244 g/mol. The van der Waals surface area contributed by atoms with Gasteiger partial charge in [0.2, 0.25) is 5.91 Å². The van der Waals surface area contributed by atoms with Crippen LogP contribution in [0.15, 0.2) is 36.8 Å². The Labute approximate surface area is 106 Å². The van der Waals surface area contributed by atoms with Crippen molar-refractivity contribution in [3.05, 3.63) is 36.8 Å². The fraction of sp³-hybridized carbons (Fsp3) is 0.231. The zero-order valence-corrected chi connectivity index (χ0v) is 10.2. The highest BCUT2D eigenvalue weighted by Crippen LogP contribution is 2.18. The van der Waals surface area contributed by atoms with E-state index in [0.717, 1.165) is 16.9 Å². The second kappa shape index (κ2) is 5.97. The molecule has 0 saturated carbocycles. The van der Waals surface area contributed by atoms with Crippen LogP contribution in [0.1, 0.15) is 6.42 Å². The predicted molar refractivity (Wildman–Crippen MR) is 71.2 cm³/mol. The normalized spacial score (nSPS) is 10.3. The molecule has 0 bridgehead atoms. The van der Waals surface area contributed by atoms with Crippen LogP contribution >= 0.6 is 0 Å². The van der Waals surface area contributed by atoms with E-state index in [-0.39, 0.29) is 5.91 Å². The number of aromatic nitrogens is 2. The predicted octanol–water partition coefficient (Wildman–Crippen LogP) is 1.62. The van der Waals surface area contributed by atoms with Crippen LogP contribution in [-0.2, 0) is 4.79 Å². The second-order valence-corrected chi connectivity index (χ2v) is 3.94. The van der Waals surface area contributed by atoms with Crippen molar-refractivity contribution in [3.8, 4) is 11.3 Å². The highest BCUT2D eigenvalue weighted by Gasteiger charge is 2.02. The number of rotatable bonds is 5. The first-order valence-electron chi connectivity index (χ1n) is 5.83. The van der Waals surface area contributed by atoms with Crippen LogP contribution in [0.3, 0.4) is 0 Å². The van der Waals surface area contributed by atoms with Crippen LogP contribution < -0.4 is 10.6 Å². The quantitative estimate of drug-likeness (QED) is 0.748. The molecule has 0 fully saturated rings. The van der Waals surface area contributed by atoms with E-state index < -0.39 is 0 Å². The van der Waals surface area contributed by atoms with Gasteiger partial charge in [-0.3, -0.25) is 4.79 Å². The highest BCUT2D eigenvalue weighted by molar-refractivity contribution is 5.91. The molecule has 2 rings (SSSR count). The molecule has 1 aromatic heterocycles. The minimum absolute atomic E-state index is 0.0126. The van der Waals surface area contributed by atoms with E-state index in [1.165, 1.54) is 0 Å². The fourth-order valence-corrected chi connectivity index (χ4v) is 1.61. The average molecular weight is 244 g/mol. The van der Waals surface area contributed by atoms with Crippen molar-refractivity contribution < 1.29 is 4.79 Å². The summed E-state index contributed by atoms with van der Waals surface area (Å²) in [7, 11) is 1.83. The third-order valence-electron chi connectivity index (χ3n) is 2.58. The molecule has 0 aliphatic carbocycles. The molecular weight excluding hydrogens is 228 g/mol. The molecule has 0 aliphatic heterocycles. The van der Waals surface area contributed by atoms with Gasteiger partial charge in [0, 0.05) is 18.7 Å². The number of anilines is 1. The summed E-state index contributed by atoms with van der Waals surface area (Å²) in [5, 5.41) is 5.78. The van der Waals surface area contributed by atoms with E-state index in [9.17, 15) is 4.79 Å². The van der Waals surface area contributed by atoms with Gasteiger partial charge in [-0.05, 0) is 24.7 Å². The summed E-state index contributed by atoms with van der Waals surface area (Å²) < 4.78 is 0. The Morgan fingerprint density at radius 3 is 2.72 bits per heavy atom. The number of amides is 1. The lowest BCUT2D eigenvalue weighted by molar-refractivity contribution is -0.116. The Hall–Kier alpha value is -2.14. The molecule has 0 radical (unpaired) electrons. The number of nitrogens with one attached hydrogen (secondary N) is 3. The average Bonchev–Trinajstić information content (AvgIpc) is 2.91. The summed E-state index contributed by atoms with van der Waals surface area (Å²) in [5.74, 6) is 0.0126. The Kier molecular flexibility index (Phi) is 4.09. The number of carbonyl (C=O) groups is 1. The Morgan fingerprint density at radius 2 is 2.11 bits per heavy atom. The first-order valence-corrected chi connectivity index (χ1v) is 5.83. The van der Waals surface area contributed by atoms with Gasteiger partial charge in [0.05, 0.1) is 18.2 Å². The lowest BCUT2D eigenvalue weighted by Crippen LogP contribution is -2.18. The van der Waals surface area contributed by atoms with Gasteiger partial charge in [0.15, 0.2) is 0 Å². The number of H-pyrrole nitrogens is 1. The van der Waals surface area contributed by atoms with Gasteiger partial charge in [-0.1, -0.05) is 12.1 Å². The molecule has 1 aromatic carbocycles. The zero-order chi connectivity index (χ0) is 12.8. The van der Waals surface area contributed by atoms with E-state index in [2.05, 4.69) is 20.6 Å². The summed E-state index contributed by atoms with van der Waals surface area (Å²) in [6, 6.07) is 7.66. The Morgan fingerprint density at radius 1 is 1.33 bits per heavy atom. The smallest absolute Gasteiger partial charge is 0.225 e. The third-order valence-corrected chi connectivity index (χ3v) is 2.58. The Bertz CT molecular complexity index is 490. The van der Waals surface area contributed by atoms with Crippen molar-refractivity contribution in [1.82, 2.24) is 15.3 Å². The van der Waals surface area contributed by atoms with Gasteiger partial charge < -0.3 is 15.6 Å². The van der Waals surface area contributed by atoms with Gasteiger partial charge in [-0.15, -0.1) is 0 Å². The standard InChI is InChI=1S/C13H16N4O/c1-14-7-6-13(18)17-11-4-2-10(3-5-11)12-8-15-9-16-12/h2-5,8-9,14H,6-7H2,1H3,(H,15,16)(H,17,18). The van der Waals surface area contributed by atoms with Crippen molar-refractivity contribution >= 4 is 11.6 Å². The van der Waals surface area contributed by atoms with Crippen molar-refractivity contribution in [2.24, 2.45) is 0 Å². The molecule has 1 heterocycles.